The van der Waals surface area contributed by atoms with Crippen LogP contribution in [0, 0.1) is 19.8 Å². The summed E-state index contributed by atoms with van der Waals surface area (Å²) in [4.78, 5) is 24.0. The van der Waals surface area contributed by atoms with Gasteiger partial charge in [-0.15, -0.1) is 0 Å². The minimum atomic E-state index is -0.811. The molecular formula is C15H19NO4. The number of ether oxygens (including phenoxy) is 1. The van der Waals surface area contributed by atoms with Crippen molar-refractivity contribution >= 4 is 11.9 Å². The molecule has 1 fully saturated rings. The highest BCUT2D eigenvalue weighted by Crippen LogP contribution is 2.21. The van der Waals surface area contributed by atoms with Gasteiger partial charge in [-0.1, -0.05) is 12.1 Å². The molecule has 1 aromatic rings. The average molecular weight is 277 g/mol. The van der Waals surface area contributed by atoms with Gasteiger partial charge in [0.2, 0.25) is 0 Å². The molecule has 0 spiro atoms. The van der Waals surface area contributed by atoms with Gasteiger partial charge in [0.05, 0.1) is 6.42 Å². The van der Waals surface area contributed by atoms with E-state index in [-0.39, 0.29) is 24.9 Å². The van der Waals surface area contributed by atoms with Crippen LogP contribution in [-0.2, 0) is 9.59 Å². The van der Waals surface area contributed by atoms with Crippen LogP contribution in [-0.4, -0.2) is 41.6 Å². The monoisotopic (exact) mass is 277 g/mol. The summed E-state index contributed by atoms with van der Waals surface area (Å²) in [5, 5.41) is 8.65. The lowest BCUT2D eigenvalue weighted by Crippen LogP contribution is -2.52. The number of carboxylic acids is 1. The zero-order chi connectivity index (χ0) is 14.7. The maximum absolute atomic E-state index is 11.9. The van der Waals surface area contributed by atoms with E-state index in [1.54, 1.807) is 4.90 Å². The van der Waals surface area contributed by atoms with Crippen LogP contribution in [0.4, 0.5) is 0 Å². The number of aliphatic carboxylic acids is 1. The molecule has 5 nitrogen and oxygen atoms in total. The van der Waals surface area contributed by atoms with E-state index < -0.39 is 5.97 Å². The molecule has 1 aromatic carbocycles. The van der Waals surface area contributed by atoms with Gasteiger partial charge in [-0.2, -0.15) is 0 Å². The van der Waals surface area contributed by atoms with Gasteiger partial charge < -0.3 is 14.7 Å². The second kappa shape index (κ2) is 5.94. The first-order valence-electron chi connectivity index (χ1n) is 6.65. The Morgan fingerprint density at radius 1 is 1.35 bits per heavy atom. The minimum Gasteiger partial charge on any atom is -0.483 e. The second-order valence-corrected chi connectivity index (χ2v) is 5.32. The van der Waals surface area contributed by atoms with Gasteiger partial charge >= 0.3 is 5.97 Å². The van der Waals surface area contributed by atoms with Gasteiger partial charge in [0.1, 0.15) is 5.75 Å². The van der Waals surface area contributed by atoms with E-state index in [0.29, 0.717) is 13.1 Å². The quantitative estimate of drug-likeness (QED) is 0.888. The molecule has 0 aliphatic carbocycles. The van der Waals surface area contributed by atoms with Gasteiger partial charge in [0, 0.05) is 19.0 Å². The van der Waals surface area contributed by atoms with Gasteiger partial charge in [-0.05, 0) is 31.0 Å². The van der Waals surface area contributed by atoms with Crippen molar-refractivity contribution < 1.29 is 19.4 Å². The van der Waals surface area contributed by atoms with Crippen LogP contribution in [0.2, 0.25) is 0 Å². The summed E-state index contributed by atoms with van der Waals surface area (Å²) in [6.45, 7) is 4.94. The van der Waals surface area contributed by atoms with E-state index in [1.165, 1.54) is 0 Å². The van der Waals surface area contributed by atoms with Crippen molar-refractivity contribution in [2.75, 3.05) is 19.7 Å². The Labute approximate surface area is 118 Å². The Morgan fingerprint density at radius 2 is 2.05 bits per heavy atom. The van der Waals surface area contributed by atoms with E-state index in [4.69, 9.17) is 9.84 Å². The normalized spacial score (nSPS) is 14.8. The van der Waals surface area contributed by atoms with Crippen LogP contribution in [0.25, 0.3) is 0 Å². The second-order valence-electron chi connectivity index (χ2n) is 5.32. The molecule has 0 radical (unpaired) electrons. The summed E-state index contributed by atoms with van der Waals surface area (Å²) >= 11 is 0. The van der Waals surface area contributed by atoms with E-state index in [1.807, 2.05) is 32.0 Å². The largest absolute Gasteiger partial charge is 0.483 e. The molecule has 0 atom stereocenters. The van der Waals surface area contributed by atoms with Gasteiger partial charge in [-0.3, -0.25) is 9.59 Å². The number of nitrogens with zero attached hydrogens (tertiary/aromatic N) is 1. The van der Waals surface area contributed by atoms with Gasteiger partial charge in [0.25, 0.3) is 5.91 Å². The number of likely N-dealkylation sites (tertiary alicyclic amines) is 1. The van der Waals surface area contributed by atoms with Crippen LogP contribution < -0.4 is 4.74 Å². The minimum absolute atomic E-state index is 0.00405. The number of aryl methyl sites for hydroxylation is 2. The maximum Gasteiger partial charge on any atom is 0.303 e. The number of hydrogen-bond acceptors (Lipinski definition) is 3. The molecule has 5 heteroatoms. The fourth-order valence-electron chi connectivity index (χ4n) is 2.24. The summed E-state index contributed by atoms with van der Waals surface area (Å²) in [5.74, 6) is -0.0978. The van der Waals surface area contributed by atoms with E-state index in [2.05, 4.69) is 0 Å². The van der Waals surface area contributed by atoms with Crippen molar-refractivity contribution in [2.45, 2.75) is 20.3 Å². The Morgan fingerprint density at radius 3 is 2.70 bits per heavy atom. The molecule has 1 heterocycles. The molecule has 108 valence electrons. The number of hydrogen-bond donors (Lipinski definition) is 1. The van der Waals surface area contributed by atoms with E-state index >= 15 is 0 Å². The first kappa shape index (κ1) is 14.4. The number of benzene rings is 1. The Bertz CT molecular complexity index is 521. The highest BCUT2D eigenvalue weighted by atomic mass is 16.5. The SMILES string of the molecule is Cc1ccc(C)c(OCC(=O)N2CC(CC(=O)O)C2)c1. The molecule has 1 amide bonds. The molecule has 20 heavy (non-hydrogen) atoms. The van der Waals surface area contributed by atoms with Crippen LogP contribution in [0.1, 0.15) is 17.5 Å². The molecule has 0 unspecified atom stereocenters. The lowest BCUT2D eigenvalue weighted by Gasteiger charge is -2.38. The predicted molar refractivity (Wildman–Crippen MR) is 73.7 cm³/mol. The van der Waals surface area contributed by atoms with Crippen molar-refractivity contribution in [3.05, 3.63) is 29.3 Å². The van der Waals surface area contributed by atoms with Crippen LogP contribution in [0.15, 0.2) is 18.2 Å². The standard InChI is InChI=1S/C15H19NO4/c1-10-3-4-11(2)13(5-10)20-9-14(17)16-7-12(8-16)6-15(18)19/h3-5,12H,6-9H2,1-2H3,(H,18,19). The molecular weight excluding hydrogens is 258 g/mol. The average Bonchev–Trinajstić information content (AvgIpc) is 2.33. The van der Waals surface area contributed by atoms with Crippen LogP contribution in [0.3, 0.4) is 0 Å². The highest BCUT2D eigenvalue weighted by molar-refractivity contribution is 5.79. The number of carboxylic acid groups (broad SMARTS) is 1. The van der Waals surface area contributed by atoms with Crippen molar-refractivity contribution in [1.82, 2.24) is 4.90 Å². The van der Waals surface area contributed by atoms with Crippen molar-refractivity contribution in [2.24, 2.45) is 5.92 Å². The van der Waals surface area contributed by atoms with Crippen molar-refractivity contribution in [3.63, 3.8) is 0 Å². The van der Waals surface area contributed by atoms with Gasteiger partial charge in [-0.25, -0.2) is 0 Å². The van der Waals surface area contributed by atoms with Crippen molar-refractivity contribution in [1.29, 1.82) is 0 Å². The first-order chi connectivity index (χ1) is 9.45. The Balaban J connectivity index is 1.79. The third kappa shape index (κ3) is 3.50. The number of carbonyl (C=O) groups is 2. The summed E-state index contributed by atoms with van der Waals surface area (Å²) in [6.07, 6.45) is 0.127. The van der Waals surface area contributed by atoms with Crippen LogP contribution in [0.5, 0.6) is 5.75 Å². The third-order valence-electron chi connectivity index (χ3n) is 3.47. The molecule has 1 aliphatic heterocycles. The zero-order valence-electron chi connectivity index (χ0n) is 11.8. The summed E-state index contributed by atoms with van der Waals surface area (Å²) in [5.41, 5.74) is 2.08. The molecule has 0 saturated carbocycles. The topological polar surface area (TPSA) is 66.8 Å². The highest BCUT2D eigenvalue weighted by Gasteiger charge is 2.32. The number of amides is 1. The lowest BCUT2D eigenvalue weighted by atomic mass is 9.96. The fourth-order valence-corrected chi connectivity index (χ4v) is 2.24. The molecule has 2 rings (SSSR count). The molecule has 0 bridgehead atoms. The summed E-state index contributed by atoms with van der Waals surface area (Å²) in [6, 6.07) is 5.86. The summed E-state index contributed by atoms with van der Waals surface area (Å²) < 4.78 is 5.55. The smallest absolute Gasteiger partial charge is 0.303 e. The Kier molecular flexibility index (Phi) is 4.27. The molecule has 1 aliphatic rings. The van der Waals surface area contributed by atoms with E-state index in [0.717, 1.165) is 16.9 Å². The first-order valence-corrected chi connectivity index (χ1v) is 6.65. The summed E-state index contributed by atoms with van der Waals surface area (Å²) in [7, 11) is 0. The number of rotatable bonds is 5. The maximum atomic E-state index is 11.9. The van der Waals surface area contributed by atoms with Gasteiger partial charge in [0.15, 0.2) is 6.61 Å². The third-order valence-corrected chi connectivity index (χ3v) is 3.47. The fraction of sp³-hybridized carbons (Fsp3) is 0.467. The van der Waals surface area contributed by atoms with Crippen LogP contribution >= 0.6 is 0 Å². The van der Waals surface area contributed by atoms with E-state index in [9.17, 15) is 9.59 Å². The molecule has 0 aromatic heterocycles. The zero-order valence-corrected chi connectivity index (χ0v) is 11.8. The molecule has 1 N–H and O–H groups in total. The molecule has 1 saturated heterocycles. The van der Waals surface area contributed by atoms with Crippen molar-refractivity contribution in [3.8, 4) is 5.75 Å². The Hall–Kier alpha value is -2.04. The predicted octanol–water partition coefficient (Wildman–Crippen LogP) is 1.62. The lowest BCUT2D eigenvalue weighted by molar-refractivity contribution is -0.146. The number of carbonyl (C=O) groups excluding carboxylic acids is 1.